The highest BCUT2D eigenvalue weighted by atomic mass is 16.6. The van der Waals surface area contributed by atoms with Crippen LogP contribution in [-0.4, -0.2) is 38.6 Å². The fourth-order valence-electron chi connectivity index (χ4n) is 3.54. The molecule has 0 fully saturated rings. The number of carbonyl (C=O) groups is 3. The third kappa shape index (κ3) is 4.60. The van der Waals surface area contributed by atoms with Crippen molar-refractivity contribution < 1.29 is 19.3 Å². The molecule has 10 nitrogen and oxygen atoms in total. The first-order valence-corrected chi connectivity index (χ1v) is 10.5. The Kier molecular flexibility index (Phi) is 6.05. The zero-order valence-corrected chi connectivity index (χ0v) is 18.4. The lowest BCUT2D eigenvalue weighted by Crippen LogP contribution is -2.42. The number of nitrogens with zero attached hydrogens (tertiary/aromatic N) is 3. The Balaban J connectivity index is 1.52. The molecular formula is C24H21N5O5. The number of hydrogen-bond acceptors (Lipinski definition) is 6. The molecule has 0 spiro atoms. The second-order valence-corrected chi connectivity index (χ2v) is 7.96. The monoisotopic (exact) mass is 459 g/mol. The van der Waals surface area contributed by atoms with Crippen LogP contribution in [0.15, 0.2) is 60.8 Å². The van der Waals surface area contributed by atoms with Crippen molar-refractivity contribution in [3.05, 3.63) is 93.2 Å². The van der Waals surface area contributed by atoms with Gasteiger partial charge in [0.1, 0.15) is 11.9 Å². The molecule has 1 aliphatic heterocycles. The summed E-state index contributed by atoms with van der Waals surface area (Å²) < 4.78 is 0. The fourth-order valence-corrected chi connectivity index (χ4v) is 3.54. The van der Waals surface area contributed by atoms with E-state index in [1.54, 1.807) is 43.5 Å². The van der Waals surface area contributed by atoms with E-state index in [1.807, 2.05) is 13.0 Å². The molecule has 2 N–H and O–H groups in total. The van der Waals surface area contributed by atoms with Gasteiger partial charge in [0, 0.05) is 30.4 Å². The van der Waals surface area contributed by atoms with E-state index in [-0.39, 0.29) is 29.4 Å². The number of carbonyl (C=O) groups excluding carboxylic acids is 3. The van der Waals surface area contributed by atoms with Gasteiger partial charge in [-0.25, -0.2) is 4.98 Å². The summed E-state index contributed by atoms with van der Waals surface area (Å²) in [4.78, 5) is 54.3. The predicted molar refractivity (Wildman–Crippen MR) is 124 cm³/mol. The van der Waals surface area contributed by atoms with Crippen molar-refractivity contribution in [2.75, 3.05) is 10.6 Å². The molecule has 0 saturated carbocycles. The van der Waals surface area contributed by atoms with Gasteiger partial charge >= 0.3 is 0 Å². The molecule has 1 atom stereocenters. The summed E-state index contributed by atoms with van der Waals surface area (Å²) in [5, 5.41) is 16.4. The molecule has 4 rings (SSSR count). The molecule has 3 amide bonds. The molecule has 0 bridgehead atoms. The lowest BCUT2D eigenvalue weighted by molar-refractivity contribution is -0.384. The highest BCUT2D eigenvalue weighted by molar-refractivity contribution is 6.10. The van der Waals surface area contributed by atoms with E-state index in [0.29, 0.717) is 16.9 Å². The number of rotatable bonds is 5. The lowest BCUT2D eigenvalue weighted by Gasteiger charge is -2.26. The van der Waals surface area contributed by atoms with Gasteiger partial charge in [-0.05, 0) is 49.2 Å². The fraction of sp³-hybridized carbons (Fsp3) is 0.167. The van der Waals surface area contributed by atoms with Gasteiger partial charge < -0.3 is 15.5 Å². The summed E-state index contributed by atoms with van der Waals surface area (Å²) in [6, 6.07) is 13.2. The largest absolute Gasteiger partial charge is 0.323 e. The molecule has 2 heterocycles. The number of benzene rings is 2. The molecule has 1 aliphatic rings. The molecule has 0 aliphatic carbocycles. The van der Waals surface area contributed by atoms with Crippen LogP contribution in [0.3, 0.4) is 0 Å². The van der Waals surface area contributed by atoms with E-state index in [1.165, 1.54) is 23.1 Å². The van der Waals surface area contributed by atoms with E-state index in [9.17, 15) is 24.5 Å². The molecule has 172 valence electrons. The number of anilines is 2. The zero-order chi connectivity index (χ0) is 24.4. The van der Waals surface area contributed by atoms with E-state index >= 15 is 0 Å². The number of amides is 3. The lowest BCUT2D eigenvalue weighted by atomic mass is 10.1. The van der Waals surface area contributed by atoms with Crippen molar-refractivity contribution in [2.45, 2.75) is 26.4 Å². The van der Waals surface area contributed by atoms with Crippen molar-refractivity contribution >= 4 is 34.9 Å². The van der Waals surface area contributed by atoms with Crippen LogP contribution in [0.1, 0.15) is 38.8 Å². The zero-order valence-electron chi connectivity index (χ0n) is 18.4. The summed E-state index contributed by atoms with van der Waals surface area (Å²) in [5.41, 5.74) is 2.16. The third-order valence-electron chi connectivity index (χ3n) is 5.53. The number of fused-ring (bicyclic) bond motifs is 1. The average Bonchev–Trinajstić information content (AvgIpc) is 2.91. The Bertz CT molecular complexity index is 1290. The number of nitrogens with one attached hydrogen (secondary N) is 2. The van der Waals surface area contributed by atoms with Crippen LogP contribution in [0.25, 0.3) is 0 Å². The normalized spacial score (nSPS) is 15.2. The first kappa shape index (κ1) is 22.6. The van der Waals surface area contributed by atoms with Crippen molar-refractivity contribution in [2.24, 2.45) is 0 Å². The summed E-state index contributed by atoms with van der Waals surface area (Å²) in [6.45, 7) is 3.61. The second kappa shape index (κ2) is 9.10. The first-order chi connectivity index (χ1) is 16.2. The number of nitro groups is 1. The smallest absolute Gasteiger partial charge is 0.271 e. The minimum atomic E-state index is -0.811. The van der Waals surface area contributed by atoms with Gasteiger partial charge in [-0.15, -0.1) is 0 Å². The summed E-state index contributed by atoms with van der Waals surface area (Å²) in [5.74, 6) is -0.761. The van der Waals surface area contributed by atoms with Gasteiger partial charge in [0.15, 0.2) is 0 Å². The Hall–Kier alpha value is -4.60. The number of aryl methyl sites for hydroxylation is 1. The van der Waals surface area contributed by atoms with E-state index in [4.69, 9.17) is 0 Å². The van der Waals surface area contributed by atoms with Crippen molar-refractivity contribution in [1.29, 1.82) is 0 Å². The molecule has 0 unspecified atom stereocenters. The minimum Gasteiger partial charge on any atom is -0.323 e. The maximum atomic E-state index is 13.2. The molecule has 0 radical (unpaired) electrons. The summed E-state index contributed by atoms with van der Waals surface area (Å²) >= 11 is 0. The van der Waals surface area contributed by atoms with Crippen LogP contribution in [0.4, 0.5) is 17.2 Å². The van der Waals surface area contributed by atoms with Crippen molar-refractivity contribution in [3.8, 4) is 0 Å². The third-order valence-corrected chi connectivity index (χ3v) is 5.53. The average molecular weight is 459 g/mol. The van der Waals surface area contributed by atoms with Crippen LogP contribution in [-0.2, 0) is 11.3 Å². The van der Waals surface area contributed by atoms with Crippen LogP contribution >= 0.6 is 0 Å². The van der Waals surface area contributed by atoms with E-state index in [2.05, 4.69) is 15.6 Å². The molecule has 0 saturated heterocycles. The topological polar surface area (TPSA) is 135 Å². The van der Waals surface area contributed by atoms with E-state index < -0.39 is 22.8 Å². The number of hydrogen-bond donors (Lipinski definition) is 2. The molecule has 2 aromatic carbocycles. The van der Waals surface area contributed by atoms with Crippen LogP contribution < -0.4 is 10.6 Å². The van der Waals surface area contributed by atoms with Gasteiger partial charge in [0.2, 0.25) is 5.91 Å². The number of pyridine rings is 1. The van der Waals surface area contributed by atoms with Crippen LogP contribution in [0.5, 0.6) is 0 Å². The maximum absolute atomic E-state index is 13.2. The van der Waals surface area contributed by atoms with E-state index in [0.717, 1.165) is 5.56 Å². The van der Waals surface area contributed by atoms with Gasteiger partial charge in [-0.3, -0.25) is 24.5 Å². The first-order valence-electron chi connectivity index (χ1n) is 10.5. The Morgan fingerprint density at radius 3 is 2.53 bits per heavy atom. The molecule has 34 heavy (non-hydrogen) atoms. The Morgan fingerprint density at radius 1 is 1.15 bits per heavy atom. The SMILES string of the molecule is Cc1ccc(NC(=O)c2ccc(CN3C(=O)c4ccc([N+](=O)[O-])cc4NC(=O)[C@H]3C)cc2)nc1. The van der Waals surface area contributed by atoms with Crippen LogP contribution in [0, 0.1) is 17.0 Å². The summed E-state index contributed by atoms with van der Waals surface area (Å²) in [7, 11) is 0. The van der Waals surface area contributed by atoms with Gasteiger partial charge in [-0.1, -0.05) is 18.2 Å². The van der Waals surface area contributed by atoms with Gasteiger partial charge in [0.05, 0.1) is 16.2 Å². The number of aromatic nitrogens is 1. The number of non-ortho nitro benzene ring substituents is 1. The Labute approximate surface area is 194 Å². The summed E-state index contributed by atoms with van der Waals surface area (Å²) in [6.07, 6.45) is 1.66. The van der Waals surface area contributed by atoms with Crippen molar-refractivity contribution in [3.63, 3.8) is 0 Å². The molecule has 10 heteroatoms. The standard InChI is InChI=1S/C24H21N5O5/c1-14-3-10-21(25-12-14)27-23(31)17-6-4-16(5-7-17)13-28-15(2)22(30)26-20-11-18(29(33)34)8-9-19(20)24(28)32/h3-12,15H,13H2,1-2H3,(H,26,30)(H,25,27,31)/t15-/m1/s1. The van der Waals surface area contributed by atoms with Gasteiger partial charge in [-0.2, -0.15) is 0 Å². The molecule has 1 aromatic heterocycles. The minimum absolute atomic E-state index is 0.107. The highest BCUT2D eigenvalue weighted by Crippen LogP contribution is 2.28. The second-order valence-electron chi connectivity index (χ2n) is 7.96. The number of nitro benzene ring substituents is 1. The molecule has 3 aromatic rings. The Morgan fingerprint density at radius 2 is 1.88 bits per heavy atom. The van der Waals surface area contributed by atoms with Gasteiger partial charge in [0.25, 0.3) is 17.5 Å². The highest BCUT2D eigenvalue weighted by Gasteiger charge is 2.33. The van der Waals surface area contributed by atoms with Crippen molar-refractivity contribution in [1.82, 2.24) is 9.88 Å². The quantitative estimate of drug-likeness (QED) is 0.443. The molecular weight excluding hydrogens is 438 g/mol. The maximum Gasteiger partial charge on any atom is 0.271 e. The predicted octanol–water partition coefficient (Wildman–Crippen LogP) is 3.53. The van der Waals surface area contributed by atoms with Crippen LogP contribution in [0.2, 0.25) is 0 Å².